The molecule has 3 heteroatoms. The number of benzene rings is 1. The normalized spacial score (nSPS) is 17.5. The van der Waals surface area contributed by atoms with Crippen LogP contribution in [0.4, 0.5) is 8.78 Å². The van der Waals surface area contributed by atoms with Gasteiger partial charge in [0.2, 0.25) is 0 Å². The molecule has 18 heavy (non-hydrogen) atoms. The second kappa shape index (κ2) is 5.79. The minimum Gasteiger partial charge on any atom is -0.316 e. The van der Waals surface area contributed by atoms with Crippen molar-refractivity contribution < 1.29 is 8.78 Å². The van der Waals surface area contributed by atoms with Crippen LogP contribution in [0, 0.1) is 17.0 Å². The summed E-state index contributed by atoms with van der Waals surface area (Å²) in [4.78, 5) is 0. The fraction of sp³-hybridized carbons (Fsp3) is 0.600. The van der Waals surface area contributed by atoms with E-state index < -0.39 is 11.6 Å². The summed E-state index contributed by atoms with van der Waals surface area (Å²) in [5.41, 5.74) is 0.327. The molecule has 1 aromatic rings. The van der Waals surface area contributed by atoms with Crippen LogP contribution in [0.15, 0.2) is 18.2 Å². The van der Waals surface area contributed by atoms with Crippen LogP contribution in [0.1, 0.15) is 38.2 Å². The van der Waals surface area contributed by atoms with Gasteiger partial charge in [0.1, 0.15) is 11.6 Å². The van der Waals surface area contributed by atoms with Crippen molar-refractivity contribution in [1.82, 2.24) is 5.32 Å². The van der Waals surface area contributed by atoms with E-state index in [4.69, 9.17) is 0 Å². The molecule has 1 fully saturated rings. The minimum absolute atomic E-state index is 0.0677. The summed E-state index contributed by atoms with van der Waals surface area (Å²) in [7, 11) is 0. The Bertz CT molecular complexity index is 379. The molecule has 0 atom stereocenters. The Balaban J connectivity index is 2.05. The van der Waals surface area contributed by atoms with Gasteiger partial charge in [-0.15, -0.1) is 0 Å². The summed E-state index contributed by atoms with van der Waals surface area (Å²) < 4.78 is 27.3. The van der Waals surface area contributed by atoms with E-state index in [0.29, 0.717) is 6.42 Å². The van der Waals surface area contributed by atoms with Gasteiger partial charge in [0.05, 0.1) is 0 Å². The standard InChI is InChI=1S/C15H21F2N/c1-2-9-18-11-15(7-4-8-15)10-12-13(16)5-3-6-14(12)17/h3,5-6,18H,2,4,7-11H2,1H3. The van der Waals surface area contributed by atoms with Gasteiger partial charge in [-0.2, -0.15) is 0 Å². The Kier molecular flexibility index (Phi) is 4.33. The van der Waals surface area contributed by atoms with Crippen LogP contribution in [-0.4, -0.2) is 13.1 Å². The first-order valence-electron chi connectivity index (χ1n) is 6.80. The molecule has 0 bridgehead atoms. The van der Waals surface area contributed by atoms with E-state index in [1.807, 2.05) is 0 Å². The topological polar surface area (TPSA) is 12.0 Å². The summed E-state index contributed by atoms with van der Waals surface area (Å²) in [5, 5.41) is 3.39. The molecule has 0 spiro atoms. The summed E-state index contributed by atoms with van der Waals surface area (Å²) >= 11 is 0. The van der Waals surface area contributed by atoms with E-state index in [0.717, 1.165) is 32.4 Å². The van der Waals surface area contributed by atoms with E-state index >= 15 is 0 Å². The lowest BCUT2D eigenvalue weighted by Crippen LogP contribution is -2.42. The molecule has 2 rings (SSSR count). The van der Waals surface area contributed by atoms with Crippen molar-refractivity contribution in [3.63, 3.8) is 0 Å². The van der Waals surface area contributed by atoms with Crippen LogP contribution in [-0.2, 0) is 6.42 Å². The summed E-state index contributed by atoms with van der Waals surface area (Å²) in [6, 6.07) is 4.13. The maximum absolute atomic E-state index is 13.7. The van der Waals surface area contributed by atoms with Gasteiger partial charge < -0.3 is 5.32 Å². The molecule has 0 unspecified atom stereocenters. The molecule has 1 saturated carbocycles. The van der Waals surface area contributed by atoms with E-state index in [1.54, 1.807) is 0 Å². The largest absolute Gasteiger partial charge is 0.316 e. The van der Waals surface area contributed by atoms with E-state index in [1.165, 1.54) is 24.6 Å². The van der Waals surface area contributed by atoms with Crippen molar-refractivity contribution in [1.29, 1.82) is 0 Å². The van der Waals surface area contributed by atoms with Crippen LogP contribution in [0.2, 0.25) is 0 Å². The third-order valence-corrected chi connectivity index (χ3v) is 3.95. The van der Waals surface area contributed by atoms with Crippen molar-refractivity contribution in [3.05, 3.63) is 35.4 Å². The Labute approximate surface area is 108 Å². The average molecular weight is 253 g/mol. The molecular formula is C15H21F2N. The molecule has 0 aliphatic heterocycles. The molecule has 0 aromatic heterocycles. The fourth-order valence-corrected chi connectivity index (χ4v) is 2.70. The molecule has 1 aliphatic carbocycles. The Morgan fingerprint density at radius 2 is 1.89 bits per heavy atom. The fourth-order valence-electron chi connectivity index (χ4n) is 2.70. The van der Waals surface area contributed by atoms with Crippen LogP contribution in [0.3, 0.4) is 0 Å². The van der Waals surface area contributed by atoms with E-state index in [-0.39, 0.29) is 11.0 Å². The van der Waals surface area contributed by atoms with Gasteiger partial charge in [-0.3, -0.25) is 0 Å². The zero-order valence-electron chi connectivity index (χ0n) is 10.9. The molecule has 0 radical (unpaired) electrons. The maximum Gasteiger partial charge on any atom is 0.129 e. The van der Waals surface area contributed by atoms with E-state index in [9.17, 15) is 8.78 Å². The number of rotatable bonds is 6. The third kappa shape index (κ3) is 2.89. The third-order valence-electron chi connectivity index (χ3n) is 3.95. The van der Waals surface area contributed by atoms with Crippen molar-refractivity contribution >= 4 is 0 Å². The number of hydrogen-bond acceptors (Lipinski definition) is 1. The highest BCUT2D eigenvalue weighted by Gasteiger charge is 2.37. The van der Waals surface area contributed by atoms with Crippen molar-refractivity contribution in [3.8, 4) is 0 Å². The lowest BCUT2D eigenvalue weighted by Gasteiger charge is -2.42. The van der Waals surface area contributed by atoms with Gasteiger partial charge in [0.15, 0.2) is 0 Å². The molecule has 1 aromatic carbocycles. The maximum atomic E-state index is 13.7. The zero-order chi connectivity index (χ0) is 13.0. The minimum atomic E-state index is -0.406. The van der Waals surface area contributed by atoms with Crippen LogP contribution >= 0.6 is 0 Å². The Morgan fingerprint density at radius 3 is 2.39 bits per heavy atom. The van der Waals surface area contributed by atoms with Gasteiger partial charge in [0, 0.05) is 12.1 Å². The summed E-state index contributed by atoms with van der Waals surface area (Å²) in [5.74, 6) is -0.812. The summed E-state index contributed by atoms with van der Waals surface area (Å²) in [6.07, 6.45) is 4.91. The SMILES string of the molecule is CCCNCC1(Cc2c(F)cccc2F)CCC1. The van der Waals surface area contributed by atoms with E-state index in [2.05, 4.69) is 12.2 Å². The highest BCUT2D eigenvalue weighted by atomic mass is 19.1. The predicted molar refractivity (Wildman–Crippen MR) is 69.5 cm³/mol. The first-order chi connectivity index (χ1) is 8.67. The molecule has 1 N–H and O–H groups in total. The van der Waals surface area contributed by atoms with Gasteiger partial charge in [-0.1, -0.05) is 19.4 Å². The molecule has 0 heterocycles. The molecule has 1 nitrogen and oxygen atoms in total. The molecule has 100 valence electrons. The highest BCUT2D eigenvalue weighted by Crippen LogP contribution is 2.43. The molecule has 0 amide bonds. The van der Waals surface area contributed by atoms with Gasteiger partial charge >= 0.3 is 0 Å². The molecular weight excluding hydrogens is 232 g/mol. The van der Waals surface area contributed by atoms with Crippen molar-refractivity contribution in [2.75, 3.05) is 13.1 Å². The lowest BCUT2D eigenvalue weighted by atomic mass is 9.65. The van der Waals surface area contributed by atoms with Gasteiger partial charge in [-0.25, -0.2) is 8.78 Å². The summed E-state index contributed by atoms with van der Waals surface area (Å²) in [6.45, 7) is 3.97. The average Bonchev–Trinajstić information content (AvgIpc) is 2.30. The van der Waals surface area contributed by atoms with Crippen LogP contribution in [0.25, 0.3) is 0 Å². The molecule has 0 saturated heterocycles. The number of hydrogen-bond donors (Lipinski definition) is 1. The quantitative estimate of drug-likeness (QED) is 0.763. The monoisotopic (exact) mass is 253 g/mol. The smallest absolute Gasteiger partial charge is 0.129 e. The first kappa shape index (κ1) is 13.5. The van der Waals surface area contributed by atoms with Crippen LogP contribution < -0.4 is 5.32 Å². The number of halogens is 2. The second-order valence-electron chi connectivity index (χ2n) is 5.41. The second-order valence-corrected chi connectivity index (χ2v) is 5.41. The zero-order valence-corrected chi connectivity index (χ0v) is 10.9. The number of nitrogens with one attached hydrogen (secondary N) is 1. The predicted octanol–water partition coefficient (Wildman–Crippen LogP) is 3.68. The Hall–Kier alpha value is -0.960. The van der Waals surface area contributed by atoms with Gasteiger partial charge in [-0.05, 0) is 49.8 Å². The van der Waals surface area contributed by atoms with Crippen molar-refractivity contribution in [2.24, 2.45) is 5.41 Å². The lowest BCUT2D eigenvalue weighted by molar-refractivity contribution is 0.127. The first-order valence-corrected chi connectivity index (χ1v) is 6.80. The molecule has 1 aliphatic rings. The Morgan fingerprint density at radius 1 is 1.22 bits per heavy atom. The van der Waals surface area contributed by atoms with Crippen LogP contribution in [0.5, 0.6) is 0 Å². The van der Waals surface area contributed by atoms with Gasteiger partial charge in [0.25, 0.3) is 0 Å². The highest BCUT2D eigenvalue weighted by molar-refractivity contribution is 5.22. The van der Waals surface area contributed by atoms with Crippen molar-refractivity contribution in [2.45, 2.75) is 39.0 Å².